The summed E-state index contributed by atoms with van der Waals surface area (Å²) in [5.41, 5.74) is 2.51. The molecule has 4 aromatic rings. The van der Waals surface area contributed by atoms with Crippen LogP contribution in [0.4, 0.5) is 5.69 Å². The predicted octanol–water partition coefficient (Wildman–Crippen LogP) is 3.26. The number of ether oxygens (including phenoxy) is 1. The molecule has 2 aliphatic rings. The first-order valence-electron chi connectivity index (χ1n) is 13.0. The Kier molecular flexibility index (Phi) is 7.21. The number of nitrogens with one attached hydrogen (secondary N) is 1. The number of benzene rings is 2. The van der Waals surface area contributed by atoms with E-state index < -0.39 is 43.3 Å². The number of rotatable bonds is 8. The van der Waals surface area contributed by atoms with Gasteiger partial charge in [-0.05, 0) is 36.9 Å². The number of hydrogen-bond donors (Lipinski definition) is 2. The van der Waals surface area contributed by atoms with Gasteiger partial charge in [-0.25, -0.2) is 22.4 Å². The number of sulfonamides is 1. The molecule has 1 fully saturated rings. The summed E-state index contributed by atoms with van der Waals surface area (Å²) in [4.78, 5) is 26.3. The second-order valence-electron chi connectivity index (χ2n) is 10.5. The van der Waals surface area contributed by atoms with Gasteiger partial charge in [-0.15, -0.1) is 0 Å². The molecule has 1 amide bonds. The van der Waals surface area contributed by atoms with E-state index in [9.17, 15) is 31.0 Å². The highest BCUT2D eigenvalue weighted by Gasteiger charge is 2.68. The minimum absolute atomic E-state index is 0.0181. The lowest BCUT2D eigenvalue weighted by atomic mass is 10.2. The van der Waals surface area contributed by atoms with E-state index in [0.29, 0.717) is 16.8 Å². The molecule has 3 unspecified atom stereocenters. The third-order valence-corrected chi connectivity index (χ3v) is 11.8. The molecule has 12 nitrogen and oxygen atoms in total. The molecule has 0 bridgehead atoms. The Morgan fingerprint density at radius 2 is 2.00 bits per heavy atom. The fourth-order valence-electron chi connectivity index (χ4n) is 5.35. The van der Waals surface area contributed by atoms with Gasteiger partial charge in [-0.1, -0.05) is 11.3 Å². The van der Waals surface area contributed by atoms with Crippen LogP contribution in [-0.2, 0) is 36.2 Å². The minimum atomic E-state index is -4.24. The van der Waals surface area contributed by atoms with Crippen molar-refractivity contribution < 1.29 is 44.7 Å². The molecule has 2 N–H and O–H groups in total. The first-order chi connectivity index (χ1) is 20.2. The normalized spacial score (nSPS) is 21.4. The number of aromatic nitrogens is 1. The van der Waals surface area contributed by atoms with Crippen molar-refractivity contribution in [1.29, 1.82) is 0 Å². The molecule has 43 heavy (non-hydrogen) atoms. The van der Waals surface area contributed by atoms with Gasteiger partial charge in [0.05, 0.1) is 41.4 Å². The van der Waals surface area contributed by atoms with E-state index in [1.165, 1.54) is 37.1 Å². The van der Waals surface area contributed by atoms with Gasteiger partial charge in [0.2, 0.25) is 21.6 Å². The summed E-state index contributed by atoms with van der Waals surface area (Å²) >= 11 is 2.86. The van der Waals surface area contributed by atoms with E-state index in [1.54, 1.807) is 24.5 Å². The number of carbonyl (C=O) groups is 2. The van der Waals surface area contributed by atoms with Crippen molar-refractivity contribution in [2.75, 3.05) is 19.9 Å². The van der Waals surface area contributed by atoms with Crippen LogP contribution in [0.5, 0.6) is 0 Å². The van der Waals surface area contributed by atoms with Gasteiger partial charge in [0.25, 0.3) is 21.0 Å². The predicted molar refractivity (Wildman–Crippen MR) is 162 cm³/mol. The number of aryl methyl sites for hydroxylation is 1. The van der Waals surface area contributed by atoms with Gasteiger partial charge in [0.15, 0.2) is 23.8 Å². The summed E-state index contributed by atoms with van der Waals surface area (Å²) in [6.45, 7) is 1.99. The second kappa shape index (κ2) is 10.4. The lowest BCUT2D eigenvalue weighted by Gasteiger charge is -2.15. The Labute approximate surface area is 255 Å². The van der Waals surface area contributed by atoms with Gasteiger partial charge in [-0.3, -0.25) is 9.35 Å². The van der Waals surface area contributed by atoms with Crippen molar-refractivity contribution in [2.24, 2.45) is 0 Å². The quantitative estimate of drug-likeness (QED) is 0.0940. The van der Waals surface area contributed by atoms with Crippen LogP contribution in [0.3, 0.4) is 0 Å². The first-order valence-corrected chi connectivity index (χ1v) is 18.1. The van der Waals surface area contributed by atoms with Crippen molar-refractivity contribution in [3.8, 4) is 0 Å². The maximum atomic E-state index is 13.1. The minimum Gasteiger partial charge on any atom is -0.465 e. The van der Waals surface area contributed by atoms with E-state index >= 15 is 0 Å². The highest BCUT2D eigenvalue weighted by Crippen LogP contribution is 2.60. The zero-order valence-corrected chi connectivity index (χ0v) is 26.4. The highest BCUT2D eigenvalue weighted by atomic mass is 32.2. The van der Waals surface area contributed by atoms with E-state index in [4.69, 9.17) is 9.15 Å². The zero-order chi connectivity index (χ0) is 30.9. The lowest BCUT2D eigenvalue weighted by molar-refractivity contribution is -0.669. The number of hydrogen-bond acceptors (Lipinski definition) is 10. The van der Waals surface area contributed by atoms with Crippen molar-refractivity contribution in [3.63, 3.8) is 0 Å². The number of carbonyl (C=O) groups excluding carboxylic acids is 2. The number of thiazole rings is 1. The Bertz CT molecular complexity index is 2080. The zero-order valence-electron chi connectivity index (χ0n) is 23.1. The molecule has 0 radical (unpaired) electrons. The first kappa shape index (κ1) is 29.8. The number of quaternary nitrogens is 1. The van der Waals surface area contributed by atoms with Crippen LogP contribution in [0.15, 0.2) is 57.0 Å². The average molecular weight is 666 g/mol. The average Bonchev–Trinajstić information content (AvgIpc) is 3.19. The second-order valence-corrected chi connectivity index (χ2v) is 16.3. The van der Waals surface area contributed by atoms with Crippen molar-refractivity contribution >= 4 is 88.1 Å². The summed E-state index contributed by atoms with van der Waals surface area (Å²) in [6, 6.07) is 10.0. The fraction of sp³-hybridized carbons (Fsp3) is 0.296. The van der Waals surface area contributed by atoms with Crippen molar-refractivity contribution in [3.05, 3.63) is 58.3 Å². The number of thioether (sulfide) groups is 1. The van der Waals surface area contributed by atoms with E-state index in [2.05, 4.69) is 4.72 Å². The standard InChI is InChI=1S/C27H25N3O9S4/c1-15(43(35,36)37)6-8-29-18-10-16-7-9-39-21(16)12-23(18)40-24(29)13-25-30(14-20(30)26(31)28-42(3,33)34)19-11-17(27(32)38-2)4-5-22(19)41-25/h4-5,7,9-13,15,20H,6,8,14H2,1-3H3/p+2. The van der Waals surface area contributed by atoms with Crippen LogP contribution in [0, 0.1) is 0 Å². The van der Waals surface area contributed by atoms with Crippen LogP contribution in [-0.4, -0.2) is 64.5 Å². The molecule has 0 aliphatic carbocycles. The molecule has 0 saturated carbocycles. The Balaban J connectivity index is 1.49. The van der Waals surface area contributed by atoms with Gasteiger partial charge in [-0.2, -0.15) is 13.0 Å². The van der Waals surface area contributed by atoms with Gasteiger partial charge >= 0.3 is 5.97 Å². The third-order valence-electron chi connectivity index (χ3n) is 7.69. The summed E-state index contributed by atoms with van der Waals surface area (Å²) in [5, 5.41) is 1.36. The molecule has 6 rings (SSSR count). The van der Waals surface area contributed by atoms with Crippen LogP contribution in [0.25, 0.3) is 27.3 Å². The Morgan fingerprint density at radius 1 is 1.23 bits per heavy atom. The summed E-state index contributed by atoms with van der Waals surface area (Å²) in [6.07, 6.45) is 4.57. The molecule has 4 heterocycles. The number of methoxy groups -OCH3 is 1. The molecular weight excluding hydrogens is 639 g/mol. The van der Waals surface area contributed by atoms with Crippen LogP contribution < -0.4 is 13.8 Å². The Hall–Kier alpha value is -3.28. The van der Waals surface area contributed by atoms with Crippen molar-refractivity contribution in [2.45, 2.75) is 36.1 Å². The number of esters is 1. The van der Waals surface area contributed by atoms with Gasteiger partial charge in [0, 0.05) is 30.0 Å². The number of nitrogens with zero attached hydrogens (tertiary/aromatic N) is 2. The molecule has 16 heteroatoms. The molecule has 3 atom stereocenters. The molecule has 1 saturated heterocycles. The van der Waals surface area contributed by atoms with Crippen LogP contribution in [0.1, 0.15) is 28.7 Å². The molecule has 2 aromatic heterocycles. The molecule has 2 aromatic carbocycles. The maximum absolute atomic E-state index is 13.1. The largest absolute Gasteiger partial charge is 0.465 e. The van der Waals surface area contributed by atoms with Gasteiger partial charge < -0.3 is 9.15 Å². The highest BCUT2D eigenvalue weighted by molar-refractivity contribution is 8.03. The smallest absolute Gasteiger partial charge is 0.338 e. The SMILES string of the molecule is COC(=O)c1ccc2c(c1)[N+]1(CC1C(=O)NS(C)(=O)=O)C(=Cc1sc3cc4occc4cc3[n+]1CCC(C)S(=O)(=O)O)S2. The summed E-state index contributed by atoms with van der Waals surface area (Å²) in [5.74, 6) is -1.20. The molecule has 2 aliphatic heterocycles. The van der Waals surface area contributed by atoms with E-state index in [1.807, 2.05) is 28.8 Å². The monoisotopic (exact) mass is 665 g/mol. The van der Waals surface area contributed by atoms with E-state index in [-0.39, 0.29) is 24.0 Å². The Morgan fingerprint density at radius 3 is 2.70 bits per heavy atom. The number of amides is 1. The van der Waals surface area contributed by atoms with Crippen LogP contribution in [0.2, 0.25) is 0 Å². The molecule has 1 spiro atoms. The molecular formula is C27H27N3O9S4+2. The van der Waals surface area contributed by atoms with Crippen molar-refractivity contribution in [1.82, 2.24) is 9.21 Å². The maximum Gasteiger partial charge on any atom is 0.338 e. The van der Waals surface area contributed by atoms with Gasteiger partial charge in [0.1, 0.15) is 10.3 Å². The summed E-state index contributed by atoms with van der Waals surface area (Å²) in [7, 11) is -6.77. The summed E-state index contributed by atoms with van der Waals surface area (Å²) < 4.78 is 72.4. The number of fused-ring (bicyclic) bond motifs is 4. The lowest BCUT2D eigenvalue weighted by Crippen LogP contribution is -2.39. The molecule has 226 valence electrons. The third kappa shape index (κ3) is 5.36. The topological polar surface area (TPSA) is 161 Å². The van der Waals surface area contributed by atoms with Crippen LogP contribution >= 0.6 is 23.1 Å². The fourth-order valence-corrected chi connectivity index (χ4v) is 8.78. The van der Waals surface area contributed by atoms with E-state index in [0.717, 1.165) is 36.8 Å². The number of furan rings is 1.